The molecule has 100 valence electrons. The lowest BCUT2D eigenvalue weighted by Gasteiger charge is -2.26. The van der Waals surface area contributed by atoms with Crippen molar-refractivity contribution in [2.45, 2.75) is 26.3 Å². The van der Waals surface area contributed by atoms with Gasteiger partial charge in [-0.3, -0.25) is 4.79 Å². The van der Waals surface area contributed by atoms with Crippen LogP contribution >= 0.6 is 15.9 Å². The first-order chi connectivity index (χ1) is 8.47. The topological polar surface area (TPSA) is 40.5 Å². The SMILES string of the molecule is CC(C)N(CCCO)C(=O)c1ccc(Br)cc1F. The van der Waals surface area contributed by atoms with Crippen molar-refractivity contribution in [2.24, 2.45) is 0 Å². The number of hydrogen-bond donors (Lipinski definition) is 1. The number of aliphatic hydroxyl groups excluding tert-OH is 1. The Morgan fingerprint density at radius 1 is 1.50 bits per heavy atom. The van der Waals surface area contributed by atoms with E-state index in [0.29, 0.717) is 17.4 Å². The molecule has 1 amide bonds. The minimum absolute atomic E-state index is 0.0132. The van der Waals surface area contributed by atoms with Gasteiger partial charge in [0, 0.05) is 23.7 Å². The molecule has 0 aromatic heterocycles. The van der Waals surface area contributed by atoms with Crippen molar-refractivity contribution in [2.75, 3.05) is 13.2 Å². The van der Waals surface area contributed by atoms with Crippen LogP contribution in [-0.2, 0) is 0 Å². The highest BCUT2D eigenvalue weighted by atomic mass is 79.9. The Hall–Kier alpha value is -0.940. The molecule has 1 rings (SSSR count). The molecule has 0 heterocycles. The smallest absolute Gasteiger partial charge is 0.257 e. The van der Waals surface area contributed by atoms with Crippen molar-refractivity contribution < 1.29 is 14.3 Å². The Balaban J connectivity index is 2.94. The number of benzene rings is 1. The molecule has 1 aromatic rings. The first-order valence-electron chi connectivity index (χ1n) is 5.84. The summed E-state index contributed by atoms with van der Waals surface area (Å²) in [5.74, 6) is -0.882. The third kappa shape index (κ3) is 3.78. The van der Waals surface area contributed by atoms with Gasteiger partial charge in [0.2, 0.25) is 0 Å². The summed E-state index contributed by atoms with van der Waals surface area (Å²) in [5, 5.41) is 8.82. The summed E-state index contributed by atoms with van der Waals surface area (Å²) in [6.07, 6.45) is 0.488. The van der Waals surface area contributed by atoms with Gasteiger partial charge in [-0.2, -0.15) is 0 Å². The maximum absolute atomic E-state index is 13.7. The molecular formula is C13H17BrFNO2. The zero-order valence-corrected chi connectivity index (χ0v) is 12.1. The summed E-state index contributed by atoms with van der Waals surface area (Å²) < 4.78 is 14.3. The summed E-state index contributed by atoms with van der Waals surface area (Å²) in [7, 11) is 0. The molecule has 0 spiro atoms. The van der Waals surface area contributed by atoms with E-state index in [2.05, 4.69) is 15.9 Å². The minimum atomic E-state index is -0.538. The summed E-state index contributed by atoms with van der Waals surface area (Å²) in [6.45, 7) is 4.17. The van der Waals surface area contributed by atoms with Crippen LogP contribution in [0.15, 0.2) is 22.7 Å². The number of halogens is 2. The van der Waals surface area contributed by atoms with Crippen molar-refractivity contribution in [3.8, 4) is 0 Å². The van der Waals surface area contributed by atoms with E-state index in [0.717, 1.165) is 0 Å². The molecule has 3 nitrogen and oxygen atoms in total. The van der Waals surface area contributed by atoms with Gasteiger partial charge in [-0.05, 0) is 38.5 Å². The number of amides is 1. The summed E-state index contributed by atoms with van der Waals surface area (Å²) in [6, 6.07) is 4.35. The number of rotatable bonds is 5. The van der Waals surface area contributed by atoms with E-state index < -0.39 is 5.82 Å². The Bertz CT molecular complexity index is 423. The van der Waals surface area contributed by atoms with Crippen LogP contribution in [0.25, 0.3) is 0 Å². The van der Waals surface area contributed by atoms with E-state index in [-0.39, 0.29) is 24.1 Å². The molecule has 0 fully saturated rings. The van der Waals surface area contributed by atoms with Crippen LogP contribution < -0.4 is 0 Å². The molecule has 18 heavy (non-hydrogen) atoms. The predicted octanol–water partition coefficient (Wildman–Crippen LogP) is 2.82. The largest absolute Gasteiger partial charge is 0.396 e. The average molecular weight is 318 g/mol. The lowest BCUT2D eigenvalue weighted by molar-refractivity contribution is 0.0688. The zero-order chi connectivity index (χ0) is 13.7. The van der Waals surface area contributed by atoms with Gasteiger partial charge in [-0.15, -0.1) is 0 Å². The molecule has 0 atom stereocenters. The minimum Gasteiger partial charge on any atom is -0.396 e. The second kappa shape index (κ2) is 6.85. The molecule has 1 aromatic carbocycles. The fourth-order valence-electron chi connectivity index (χ4n) is 1.65. The highest BCUT2D eigenvalue weighted by Gasteiger charge is 2.21. The van der Waals surface area contributed by atoms with E-state index in [9.17, 15) is 9.18 Å². The standard InChI is InChI=1S/C13H17BrFNO2/c1-9(2)16(6-3-7-17)13(18)11-5-4-10(14)8-12(11)15/h4-5,8-9,17H,3,6-7H2,1-2H3. The fourth-order valence-corrected chi connectivity index (χ4v) is 1.99. The van der Waals surface area contributed by atoms with Crippen molar-refractivity contribution >= 4 is 21.8 Å². The van der Waals surface area contributed by atoms with E-state index in [4.69, 9.17) is 5.11 Å². The summed E-state index contributed by atoms with van der Waals surface area (Å²) in [5.41, 5.74) is 0.0600. The second-order valence-electron chi connectivity index (χ2n) is 4.29. The second-order valence-corrected chi connectivity index (χ2v) is 5.21. The van der Waals surface area contributed by atoms with Crippen molar-refractivity contribution in [3.63, 3.8) is 0 Å². The fraction of sp³-hybridized carbons (Fsp3) is 0.462. The van der Waals surface area contributed by atoms with Crippen LogP contribution in [0.3, 0.4) is 0 Å². The number of aliphatic hydroxyl groups is 1. The molecule has 5 heteroatoms. The third-order valence-corrected chi connectivity index (χ3v) is 3.10. The van der Waals surface area contributed by atoms with Crippen LogP contribution in [-0.4, -0.2) is 35.1 Å². The molecule has 0 saturated carbocycles. The maximum Gasteiger partial charge on any atom is 0.257 e. The molecule has 0 aliphatic carbocycles. The van der Waals surface area contributed by atoms with E-state index >= 15 is 0 Å². The molecule has 0 unspecified atom stereocenters. The van der Waals surface area contributed by atoms with Crippen LogP contribution in [0.4, 0.5) is 4.39 Å². The molecule has 0 aliphatic heterocycles. The molecular weight excluding hydrogens is 301 g/mol. The highest BCUT2D eigenvalue weighted by Crippen LogP contribution is 2.18. The zero-order valence-electron chi connectivity index (χ0n) is 10.5. The lowest BCUT2D eigenvalue weighted by atomic mass is 10.1. The van der Waals surface area contributed by atoms with Crippen molar-refractivity contribution in [3.05, 3.63) is 34.1 Å². The van der Waals surface area contributed by atoms with Gasteiger partial charge in [-0.25, -0.2) is 4.39 Å². The molecule has 0 aliphatic rings. The monoisotopic (exact) mass is 317 g/mol. The highest BCUT2D eigenvalue weighted by molar-refractivity contribution is 9.10. The molecule has 1 N–H and O–H groups in total. The van der Waals surface area contributed by atoms with Crippen LogP contribution in [0, 0.1) is 5.82 Å². The Morgan fingerprint density at radius 3 is 2.67 bits per heavy atom. The number of carbonyl (C=O) groups is 1. The summed E-state index contributed by atoms with van der Waals surface area (Å²) >= 11 is 3.16. The third-order valence-electron chi connectivity index (χ3n) is 2.60. The van der Waals surface area contributed by atoms with Crippen LogP contribution in [0.1, 0.15) is 30.6 Å². The first-order valence-corrected chi connectivity index (χ1v) is 6.63. The van der Waals surface area contributed by atoms with E-state index in [1.807, 2.05) is 13.8 Å². The molecule has 0 radical (unpaired) electrons. The van der Waals surface area contributed by atoms with E-state index in [1.54, 1.807) is 11.0 Å². The number of hydrogen-bond acceptors (Lipinski definition) is 2. The number of carbonyl (C=O) groups excluding carboxylic acids is 1. The van der Waals surface area contributed by atoms with Gasteiger partial charge in [0.25, 0.3) is 5.91 Å². The van der Waals surface area contributed by atoms with E-state index in [1.165, 1.54) is 12.1 Å². The Morgan fingerprint density at radius 2 is 2.17 bits per heavy atom. The molecule has 0 saturated heterocycles. The van der Waals surface area contributed by atoms with Crippen molar-refractivity contribution in [1.82, 2.24) is 4.90 Å². The average Bonchev–Trinajstić information content (AvgIpc) is 2.28. The van der Waals surface area contributed by atoms with Gasteiger partial charge < -0.3 is 10.0 Å². The van der Waals surface area contributed by atoms with Gasteiger partial charge in [0.15, 0.2) is 0 Å². The first kappa shape index (κ1) is 15.1. The normalized spacial score (nSPS) is 10.8. The quantitative estimate of drug-likeness (QED) is 0.907. The van der Waals surface area contributed by atoms with Gasteiger partial charge in [-0.1, -0.05) is 15.9 Å². The maximum atomic E-state index is 13.7. The predicted molar refractivity (Wildman–Crippen MR) is 72.0 cm³/mol. The Labute approximate surface area is 115 Å². The summed E-state index contributed by atoms with van der Waals surface area (Å²) in [4.78, 5) is 13.8. The van der Waals surface area contributed by atoms with Gasteiger partial charge in [0.05, 0.1) is 5.56 Å². The van der Waals surface area contributed by atoms with Crippen LogP contribution in [0.5, 0.6) is 0 Å². The van der Waals surface area contributed by atoms with Gasteiger partial charge in [0.1, 0.15) is 5.82 Å². The number of nitrogens with zero attached hydrogens (tertiary/aromatic N) is 1. The van der Waals surface area contributed by atoms with Crippen molar-refractivity contribution in [1.29, 1.82) is 0 Å². The molecule has 0 bridgehead atoms. The lowest BCUT2D eigenvalue weighted by Crippen LogP contribution is -2.38. The Kier molecular flexibility index (Phi) is 5.75. The van der Waals surface area contributed by atoms with Crippen LogP contribution in [0.2, 0.25) is 0 Å². The van der Waals surface area contributed by atoms with Gasteiger partial charge >= 0.3 is 0 Å².